The standard InChI is InChI=1S/C14H11ClO3S/c15-10-1-3-11(4-2-10)18-9-13-6-5-12(19-13)7-8-14(16)17/h1-8H,9H2,(H,16,17). The first kappa shape index (κ1) is 13.6. The average molecular weight is 295 g/mol. The number of aliphatic carboxylic acids is 1. The molecule has 0 aliphatic rings. The largest absolute Gasteiger partial charge is 0.488 e. The zero-order valence-electron chi connectivity index (χ0n) is 9.88. The van der Waals surface area contributed by atoms with Gasteiger partial charge in [0, 0.05) is 20.9 Å². The second-order valence-electron chi connectivity index (χ2n) is 3.72. The van der Waals surface area contributed by atoms with Crippen LogP contribution in [-0.2, 0) is 11.4 Å². The number of thiophene rings is 1. The van der Waals surface area contributed by atoms with E-state index in [1.807, 2.05) is 12.1 Å². The topological polar surface area (TPSA) is 46.5 Å². The normalized spacial score (nSPS) is 10.8. The van der Waals surface area contributed by atoms with Crippen LogP contribution in [0.3, 0.4) is 0 Å². The molecule has 0 bridgehead atoms. The number of hydrogen-bond donors (Lipinski definition) is 1. The Morgan fingerprint density at radius 1 is 1.26 bits per heavy atom. The summed E-state index contributed by atoms with van der Waals surface area (Å²) in [5, 5.41) is 9.21. The quantitative estimate of drug-likeness (QED) is 0.845. The lowest BCUT2D eigenvalue weighted by Gasteiger charge is -2.03. The molecule has 0 aliphatic heterocycles. The van der Waals surface area contributed by atoms with Gasteiger partial charge in [-0.3, -0.25) is 0 Å². The Morgan fingerprint density at radius 2 is 2.00 bits per heavy atom. The summed E-state index contributed by atoms with van der Waals surface area (Å²) >= 11 is 7.28. The number of carbonyl (C=O) groups is 1. The minimum Gasteiger partial charge on any atom is -0.488 e. The lowest BCUT2D eigenvalue weighted by molar-refractivity contribution is -0.131. The van der Waals surface area contributed by atoms with Gasteiger partial charge in [-0.15, -0.1) is 11.3 Å². The van der Waals surface area contributed by atoms with E-state index in [9.17, 15) is 4.79 Å². The lowest BCUT2D eigenvalue weighted by atomic mass is 10.3. The van der Waals surface area contributed by atoms with Crippen molar-refractivity contribution >= 4 is 35.0 Å². The van der Waals surface area contributed by atoms with Crippen LogP contribution in [-0.4, -0.2) is 11.1 Å². The Balaban J connectivity index is 1.93. The molecule has 98 valence electrons. The van der Waals surface area contributed by atoms with Gasteiger partial charge in [0.15, 0.2) is 0 Å². The molecule has 0 amide bonds. The second-order valence-corrected chi connectivity index (χ2v) is 5.35. The van der Waals surface area contributed by atoms with E-state index in [1.54, 1.807) is 30.3 Å². The van der Waals surface area contributed by atoms with E-state index in [2.05, 4.69) is 0 Å². The van der Waals surface area contributed by atoms with Crippen LogP contribution in [0.2, 0.25) is 5.02 Å². The molecule has 1 N–H and O–H groups in total. The summed E-state index contributed by atoms with van der Waals surface area (Å²) in [6.45, 7) is 0.452. The van der Waals surface area contributed by atoms with Gasteiger partial charge in [-0.2, -0.15) is 0 Å². The minimum absolute atomic E-state index is 0.452. The molecule has 0 atom stereocenters. The van der Waals surface area contributed by atoms with Gasteiger partial charge in [-0.1, -0.05) is 11.6 Å². The van der Waals surface area contributed by atoms with Crippen molar-refractivity contribution in [2.24, 2.45) is 0 Å². The van der Waals surface area contributed by atoms with Crippen molar-refractivity contribution in [2.75, 3.05) is 0 Å². The molecule has 0 saturated carbocycles. The van der Waals surface area contributed by atoms with E-state index >= 15 is 0 Å². The molecule has 2 rings (SSSR count). The van der Waals surface area contributed by atoms with E-state index in [-0.39, 0.29) is 0 Å². The molecule has 0 saturated heterocycles. The van der Waals surface area contributed by atoms with Gasteiger partial charge >= 0.3 is 5.97 Å². The van der Waals surface area contributed by atoms with Crippen LogP contribution < -0.4 is 4.74 Å². The lowest BCUT2D eigenvalue weighted by Crippen LogP contribution is -1.91. The van der Waals surface area contributed by atoms with E-state index in [4.69, 9.17) is 21.4 Å². The molecule has 1 aromatic carbocycles. The summed E-state index contributed by atoms with van der Waals surface area (Å²) in [4.78, 5) is 12.3. The summed E-state index contributed by atoms with van der Waals surface area (Å²) < 4.78 is 5.60. The van der Waals surface area contributed by atoms with E-state index < -0.39 is 5.97 Å². The third kappa shape index (κ3) is 4.43. The average Bonchev–Trinajstić information content (AvgIpc) is 2.84. The Hall–Kier alpha value is -1.78. The van der Waals surface area contributed by atoms with Crippen LogP contribution in [0, 0.1) is 0 Å². The van der Waals surface area contributed by atoms with Crippen LogP contribution in [0.15, 0.2) is 42.5 Å². The summed E-state index contributed by atoms with van der Waals surface area (Å²) in [5.74, 6) is -0.201. The molecule has 5 heteroatoms. The molecule has 0 aliphatic carbocycles. The van der Waals surface area contributed by atoms with Gasteiger partial charge in [0.1, 0.15) is 12.4 Å². The van der Waals surface area contributed by atoms with Crippen LogP contribution in [0.5, 0.6) is 5.75 Å². The Labute approximate surface area is 119 Å². The van der Waals surface area contributed by atoms with Gasteiger partial charge in [0.05, 0.1) is 0 Å². The molecule has 2 aromatic rings. The van der Waals surface area contributed by atoms with Crippen LogP contribution in [0.1, 0.15) is 9.75 Å². The summed E-state index contributed by atoms with van der Waals surface area (Å²) in [6, 6.07) is 10.9. The summed E-state index contributed by atoms with van der Waals surface area (Å²) in [6.07, 6.45) is 2.69. The molecule has 3 nitrogen and oxygen atoms in total. The molecule has 1 heterocycles. The maximum atomic E-state index is 10.4. The van der Waals surface area contributed by atoms with Crippen molar-refractivity contribution < 1.29 is 14.6 Å². The third-order valence-corrected chi connectivity index (χ3v) is 3.54. The highest BCUT2D eigenvalue weighted by atomic mass is 35.5. The van der Waals surface area contributed by atoms with Crippen molar-refractivity contribution in [3.63, 3.8) is 0 Å². The van der Waals surface area contributed by atoms with Crippen molar-refractivity contribution in [1.29, 1.82) is 0 Å². The molecule has 1 aromatic heterocycles. The fourth-order valence-corrected chi connectivity index (χ4v) is 2.36. The fraction of sp³-hybridized carbons (Fsp3) is 0.0714. The van der Waals surface area contributed by atoms with E-state index in [0.717, 1.165) is 21.6 Å². The van der Waals surface area contributed by atoms with Gasteiger partial charge in [-0.25, -0.2) is 4.79 Å². The molecular formula is C14H11ClO3S. The van der Waals surface area contributed by atoms with Crippen LogP contribution in [0.25, 0.3) is 6.08 Å². The summed E-state index contributed by atoms with van der Waals surface area (Å²) in [7, 11) is 0. The first-order chi connectivity index (χ1) is 9.13. The number of ether oxygens (including phenoxy) is 1. The zero-order valence-corrected chi connectivity index (χ0v) is 11.4. The summed E-state index contributed by atoms with van der Waals surface area (Å²) in [5.41, 5.74) is 0. The monoisotopic (exact) mass is 294 g/mol. The van der Waals surface area contributed by atoms with Crippen molar-refractivity contribution in [1.82, 2.24) is 0 Å². The Bertz CT molecular complexity index is 587. The Morgan fingerprint density at radius 3 is 2.68 bits per heavy atom. The molecule has 0 unspecified atom stereocenters. The first-order valence-electron chi connectivity index (χ1n) is 5.51. The maximum Gasteiger partial charge on any atom is 0.328 e. The van der Waals surface area contributed by atoms with Gasteiger partial charge in [0.2, 0.25) is 0 Å². The van der Waals surface area contributed by atoms with Crippen molar-refractivity contribution in [2.45, 2.75) is 6.61 Å². The smallest absolute Gasteiger partial charge is 0.328 e. The molecule has 19 heavy (non-hydrogen) atoms. The molecule has 0 spiro atoms. The first-order valence-corrected chi connectivity index (χ1v) is 6.71. The van der Waals surface area contributed by atoms with E-state index in [0.29, 0.717) is 11.6 Å². The van der Waals surface area contributed by atoms with E-state index in [1.165, 1.54) is 11.3 Å². The highest BCUT2D eigenvalue weighted by Gasteiger charge is 2.00. The van der Waals surface area contributed by atoms with Crippen LogP contribution in [0.4, 0.5) is 0 Å². The zero-order chi connectivity index (χ0) is 13.7. The number of hydrogen-bond acceptors (Lipinski definition) is 3. The molecule has 0 radical (unpaired) electrons. The predicted molar refractivity (Wildman–Crippen MR) is 76.8 cm³/mol. The van der Waals surface area contributed by atoms with Gasteiger partial charge in [-0.05, 0) is 42.5 Å². The number of benzene rings is 1. The van der Waals surface area contributed by atoms with Gasteiger partial charge in [0.25, 0.3) is 0 Å². The maximum absolute atomic E-state index is 10.4. The SMILES string of the molecule is O=C(O)C=Cc1ccc(COc2ccc(Cl)cc2)s1. The third-order valence-electron chi connectivity index (χ3n) is 2.27. The number of carboxylic acid groups (broad SMARTS) is 1. The number of halogens is 1. The van der Waals surface area contributed by atoms with Gasteiger partial charge < -0.3 is 9.84 Å². The Kier molecular flexibility index (Phi) is 4.60. The second kappa shape index (κ2) is 6.41. The van der Waals surface area contributed by atoms with Crippen LogP contribution >= 0.6 is 22.9 Å². The highest BCUT2D eigenvalue weighted by molar-refractivity contribution is 7.12. The van der Waals surface area contributed by atoms with Crippen molar-refractivity contribution in [3.8, 4) is 5.75 Å². The highest BCUT2D eigenvalue weighted by Crippen LogP contribution is 2.21. The fourth-order valence-electron chi connectivity index (χ4n) is 1.40. The number of rotatable bonds is 5. The number of carboxylic acids is 1. The molecule has 0 fully saturated rings. The predicted octanol–water partition coefficient (Wildman–Crippen LogP) is 4.08. The molecular weight excluding hydrogens is 284 g/mol. The van der Waals surface area contributed by atoms with Crippen molar-refractivity contribution in [3.05, 3.63) is 57.3 Å². The minimum atomic E-state index is -0.952.